The predicted molar refractivity (Wildman–Crippen MR) is 106 cm³/mol. The Labute approximate surface area is 160 Å². The number of nitrogens with one attached hydrogen (secondary N) is 2. The number of amides is 1. The van der Waals surface area contributed by atoms with E-state index in [4.69, 9.17) is 11.6 Å². The van der Waals surface area contributed by atoms with Gasteiger partial charge in [-0.2, -0.15) is 0 Å². The van der Waals surface area contributed by atoms with Crippen LogP contribution in [0.3, 0.4) is 0 Å². The van der Waals surface area contributed by atoms with Crippen LogP contribution in [0.2, 0.25) is 5.02 Å². The number of carbonyl (C=O) groups is 1. The first-order valence-electron chi connectivity index (χ1n) is 8.48. The molecule has 1 aliphatic heterocycles. The minimum Gasteiger partial charge on any atom is -0.352 e. The van der Waals surface area contributed by atoms with Crippen molar-refractivity contribution in [1.29, 1.82) is 0 Å². The molecule has 1 fully saturated rings. The summed E-state index contributed by atoms with van der Waals surface area (Å²) in [4.78, 5) is 12.5. The molecule has 2 aromatic rings. The highest BCUT2D eigenvalue weighted by molar-refractivity contribution is 6.30. The second kappa shape index (κ2) is 9.23. The highest BCUT2D eigenvalue weighted by Gasteiger charge is 2.24. The molecule has 3 nitrogen and oxygen atoms in total. The van der Waals surface area contributed by atoms with Crippen LogP contribution in [-0.4, -0.2) is 18.5 Å². The van der Waals surface area contributed by atoms with Gasteiger partial charge in [0.25, 0.3) is 0 Å². The predicted octanol–water partition coefficient (Wildman–Crippen LogP) is 4.43. The van der Waals surface area contributed by atoms with E-state index in [1.54, 1.807) is 0 Å². The molecule has 0 bridgehead atoms. The summed E-state index contributed by atoms with van der Waals surface area (Å²) >= 11 is 5.98. The van der Waals surface area contributed by atoms with E-state index < -0.39 is 0 Å². The number of carbonyl (C=O) groups excluding carboxylic acids is 1. The molecule has 1 heterocycles. The minimum atomic E-state index is 0. The van der Waals surface area contributed by atoms with Crippen molar-refractivity contribution in [2.45, 2.75) is 32.4 Å². The molecule has 134 valence electrons. The van der Waals surface area contributed by atoms with Crippen LogP contribution in [0.1, 0.15) is 25.3 Å². The van der Waals surface area contributed by atoms with Gasteiger partial charge in [0.2, 0.25) is 5.91 Å². The van der Waals surface area contributed by atoms with Gasteiger partial charge in [0, 0.05) is 23.5 Å². The van der Waals surface area contributed by atoms with Crippen LogP contribution < -0.4 is 10.6 Å². The number of piperidine rings is 1. The minimum absolute atomic E-state index is 0. The third kappa shape index (κ3) is 5.21. The topological polar surface area (TPSA) is 41.1 Å². The smallest absolute Gasteiger partial charge is 0.223 e. The summed E-state index contributed by atoms with van der Waals surface area (Å²) in [5.41, 5.74) is 3.36. The number of rotatable bonds is 4. The van der Waals surface area contributed by atoms with Crippen molar-refractivity contribution < 1.29 is 4.79 Å². The summed E-state index contributed by atoms with van der Waals surface area (Å²) in [5, 5.41) is 7.23. The summed E-state index contributed by atoms with van der Waals surface area (Å²) < 4.78 is 0. The fourth-order valence-corrected chi connectivity index (χ4v) is 3.41. The van der Waals surface area contributed by atoms with E-state index in [0.29, 0.717) is 12.6 Å². The van der Waals surface area contributed by atoms with Gasteiger partial charge in [-0.3, -0.25) is 4.79 Å². The molecule has 0 unspecified atom stereocenters. The maximum atomic E-state index is 12.5. The summed E-state index contributed by atoms with van der Waals surface area (Å²) in [6, 6.07) is 16.4. The molecule has 2 atom stereocenters. The Morgan fingerprint density at radius 1 is 1.20 bits per heavy atom. The van der Waals surface area contributed by atoms with Crippen molar-refractivity contribution in [3.8, 4) is 11.1 Å². The van der Waals surface area contributed by atoms with E-state index in [1.165, 1.54) is 0 Å². The average molecular weight is 379 g/mol. The van der Waals surface area contributed by atoms with Gasteiger partial charge < -0.3 is 10.6 Å². The van der Waals surface area contributed by atoms with E-state index in [1.807, 2.05) is 36.4 Å². The molecular weight excluding hydrogens is 355 g/mol. The Morgan fingerprint density at radius 3 is 2.64 bits per heavy atom. The molecule has 1 amide bonds. The van der Waals surface area contributed by atoms with Crippen LogP contribution in [0.5, 0.6) is 0 Å². The Balaban J connectivity index is 0.00000225. The third-order valence-corrected chi connectivity index (χ3v) is 4.87. The zero-order chi connectivity index (χ0) is 16.9. The lowest BCUT2D eigenvalue weighted by molar-refractivity contribution is -0.126. The van der Waals surface area contributed by atoms with Gasteiger partial charge in [0.05, 0.1) is 0 Å². The molecule has 0 aromatic heterocycles. The van der Waals surface area contributed by atoms with Gasteiger partial charge in [0.1, 0.15) is 0 Å². The Kier molecular flexibility index (Phi) is 7.30. The van der Waals surface area contributed by atoms with E-state index in [0.717, 1.165) is 41.1 Å². The van der Waals surface area contributed by atoms with Crippen LogP contribution in [-0.2, 0) is 11.3 Å². The Bertz CT molecular complexity index is 703. The molecule has 2 aromatic carbocycles. The zero-order valence-corrected chi connectivity index (χ0v) is 15.9. The Hall–Kier alpha value is -1.55. The fraction of sp³-hybridized carbons (Fsp3) is 0.350. The van der Waals surface area contributed by atoms with Crippen molar-refractivity contribution in [3.05, 3.63) is 59.1 Å². The standard InChI is InChI=1S/C20H23ClN2O.ClH/c1-14-12-16(10-11-22-14)20(24)23-13-17-4-2-3-5-19(17)15-6-8-18(21)9-7-15;/h2-9,14,16,22H,10-13H2,1H3,(H,23,24);1H/t14-,16-;/m0./s1. The summed E-state index contributed by atoms with van der Waals surface area (Å²) in [6.45, 7) is 3.60. The second-order valence-electron chi connectivity index (χ2n) is 6.46. The molecule has 2 N–H and O–H groups in total. The van der Waals surface area contributed by atoms with E-state index in [-0.39, 0.29) is 24.2 Å². The quantitative estimate of drug-likeness (QED) is 0.825. The van der Waals surface area contributed by atoms with Crippen molar-refractivity contribution in [3.63, 3.8) is 0 Å². The van der Waals surface area contributed by atoms with Crippen LogP contribution >= 0.6 is 24.0 Å². The van der Waals surface area contributed by atoms with Crippen molar-refractivity contribution in [2.75, 3.05) is 6.54 Å². The number of benzene rings is 2. The van der Waals surface area contributed by atoms with Crippen molar-refractivity contribution in [1.82, 2.24) is 10.6 Å². The van der Waals surface area contributed by atoms with Crippen LogP contribution in [0.15, 0.2) is 48.5 Å². The van der Waals surface area contributed by atoms with Crippen LogP contribution in [0.25, 0.3) is 11.1 Å². The maximum Gasteiger partial charge on any atom is 0.223 e. The summed E-state index contributed by atoms with van der Waals surface area (Å²) in [6.07, 6.45) is 1.82. The SMILES string of the molecule is C[C@H]1C[C@@H](C(=O)NCc2ccccc2-c2ccc(Cl)cc2)CCN1.Cl. The molecule has 1 aliphatic rings. The molecule has 5 heteroatoms. The Morgan fingerprint density at radius 2 is 1.92 bits per heavy atom. The van der Waals surface area contributed by atoms with Crippen molar-refractivity contribution >= 4 is 29.9 Å². The molecule has 0 saturated carbocycles. The van der Waals surface area contributed by atoms with E-state index in [2.05, 4.69) is 29.7 Å². The maximum absolute atomic E-state index is 12.5. The van der Waals surface area contributed by atoms with Crippen LogP contribution in [0.4, 0.5) is 0 Å². The summed E-state index contributed by atoms with van der Waals surface area (Å²) in [7, 11) is 0. The molecule has 0 spiro atoms. The lowest BCUT2D eigenvalue weighted by Gasteiger charge is -2.27. The van der Waals surface area contributed by atoms with Crippen LogP contribution in [0, 0.1) is 5.92 Å². The van der Waals surface area contributed by atoms with Crippen molar-refractivity contribution in [2.24, 2.45) is 5.92 Å². The largest absolute Gasteiger partial charge is 0.352 e. The van der Waals surface area contributed by atoms with Gasteiger partial charge in [-0.25, -0.2) is 0 Å². The van der Waals surface area contributed by atoms with E-state index in [9.17, 15) is 4.79 Å². The lowest BCUT2D eigenvalue weighted by atomic mass is 9.92. The zero-order valence-electron chi connectivity index (χ0n) is 14.3. The van der Waals surface area contributed by atoms with E-state index >= 15 is 0 Å². The fourth-order valence-electron chi connectivity index (χ4n) is 3.28. The molecule has 3 rings (SSSR count). The average Bonchev–Trinajstić information content (AvgIpc) is 2.61. The first kappa shape index (κ1) is 19.8. The monoisotopic (exact) mass is 378 g/mol. The molecule has 1 saturated heterocycles. The number of hydrogen-bond donors (Lipinski definition) is 2. The van der Waals surface area contributed by atoms with Gasteiger partial charge >= 0.3 is 0 Å². The van der Waals surface area contributed by atoms with Gasteiger partial charge in [-0.05, 0) is 55.1 Å². The second-order valence-corrected chi connectivity index (χ2v) is 6.89. The molecule has 25 heavy (non-hydrogen) atoms. The molecular formula is C20H24Cl2N2O. The first-order valence-corrected chi connectivity index (χ1v) is 8.86. The molecule has 0 aliphatic carbocycles. The third-order valence-electron chi connectivity index (χ3n) is 4.62. The molecule has 0 radical (unpaired) electrons. The lowest BCUT2D eigenvalue weighted by Crippen LogP contribution is -2.42. The first-order chi connectivity index (χ1) is 11.6. The van der Waals surface area contributed by atoms with Gasteiger partial charge in [-0.1, -0.05) is 48.0 Å². The number of hydrogen-bond acceptors (Lipinski definition) is 2. The van der Waals surface area contributed by atoms with Gasteiger partial charge in [-0.15, -0.1) is 12.4 Å². The summed E-state index contributed by atoms with van der Waals surface area (Å²) in [5.74, 6) is 0.276. The normalized spacial score (nSPS) is 19.8. The van der Waals surface area contributed by atoms with Gasteiger partial charge in [0.15, 0.2) is 0 Å². The number of halogens is 2. The highest BCUT2D eigenvalue weighted by atomic mass is 35.5. The highest BCUT2D eigenvalue weighted by Crippen LogP contribution is 2.25.